The van der Waals surface area contributed by atoms with Crippen molar-refractivity contribution in [2.75, 3.05) is 13.1 Å². The minimum atomic E-state index is -0.647. The predicted molar refractivity (Wildman–Crippen MR) is 89.1 cm³/mol. The van der Waals surface area contributed by atoms with Crippen molar-refractivity contribution in [3.8, 4) is 0 Å². The Balaban J connectivity index is 1.71. The highest BCUT2D eigenvalue weighted by atomic mass is 16.2. The number of nitrogens with zero attached hydrogens (tertiary/aromatic N) is 1. The van der Waals surface area contributed by atoms with E-state index in [9.17, 15) is 14.4 Å². The van der Waals surface area contributed by atoms with Crippen LogP contribution >= 0.6 is 0 Å². The van der Waals surface area contributed by atoms with Gasteiger partial charge in [0.15, 0.2) is 0 Å². The first kappa shape index (κ1) is 16.2. The van der Waals surface area contributed by atoms with Gasteiger partial charge in [0.05, 0.1) is 0 Å². The molecule has 3 rings (SSSR count). The molecule has 2 aliphatic rings. The van der Waals surface area contributed by atoms with Gasteiger partial charge in [-0.25, -0.2) is 0 Å². The number of carbonyl (C=O) groups is 3. The number of benzene rings is 1. The zero-order valence-electron chi connectivity index (χ0n) is 13.5. The third-order valence-corrected chi connectivity index (χ3v) is 4.84. The Kier molecular flexibility index (Phi) is 4.38. The Bertz CT molecular complexity index is 677. The zero-order valence-corrected chi connectivity index (χ0v) is 13.5. The van der Waals surface area contributed by atoms with Crippen LogP contribution in [0.4, 0.5) is 0 Å². The third-order valence-electron chi connectivity index (χ3n) is 4.84. The van der Waals surface area contributed by atoms with Crippen molar-refractivity contribution in [2.24, 2.45) is 0 Å². The standard InChI is InChI=1S/C18H21N3O3/c1-2-15(22)20-12-13-4-6-14(7-5-13)16(23)21-11-10-19-17(24)18(21)8-3-9-18/h2,4-7H,1,3,8-12H2,(H,19,24)(H,20,22). The predicted octanol–water partition coefficient (Wildman–Crippen LogP) is 0.983. The maximum Gasteiger partial charge on any atom is 0.254 e. The van der Waals surface area contributed by atoms with E-state index in [0.717, 1.165) is 24.8 Å². The van der Waals surface area contributed by atoms with Crippen molar-refractivity contribution < 1.29 is 14.4 Å². The van der Waals surface area contributed by atoms with Gasteiger partial charge in [0.25, 0.3) is 5.91 Å². The molecule has 1 saturated carbocycles. The summed E-state index contributed by atoms with van der Waals surface area (Å²) in [5, 5.41) is 5.56. The number of rotatable bonds is 4. The average Bonchev–Trinajstić information content (AvgIpc) is 2.57. The smallest absolute Gasteiger partial charge is 0.254 e. The van der Waals surface area contributed by atoms with Gasteiger partial charge in [0.2, 0.25) is 11.8 Å². The summed E-state index contributed by atoms with van der Waals surface area (Å²) in [7, 11) is 0. The molecule has 126 valence electrons. The van der Waals surface area contributed by atoms with Gasteiger partial charge < -0.3 is 15.5 Å². The van der Waals surface area contributed by atoms with Crippen LogP contribution in [0.5, 0.6) is 0 Å². The van der Waals surface area contributed by atoms with E-state index in [2.05, 4.69) is 17.2 Å². The molecule has 2 N–H and O–H groups in total. The second-order valence-electron chi connectivity index (χ2n) is 6.22. The van der Waals surface area contributed by atoms with Crippen LogP contribution in [0.3, 0.4) is 0 Å². The van der Waals surface area contributed by atoms with Crippen molar-refractivity contribution in [3.63, 3.8) is 0 Å². The minimum absolute atomic E-state index is 0.0305. The molecular formula is C18H21N3O3. The van der Waals surface area contributed by atoms with Gasteiger partial charge in [0.1, 0.15) is 5.54 Å². The largest absolute Gasteiger partial charge is 0.352 e. The molecular weight excluding hydrogens is 306 g/mol. The number of carbonyl (C=O) groups excluding carboxylic acids is 3. The first-order valence-corrected chi connectivity index (χ1v) is 8.16. The molecule has 1 aliphatic heterocycles. The van der Waals surface area contributed by atoms with Gasteiger partial charge in [-0.15, -0.1) is 0 Å². The Morgan fingerprint density at radius 3 is 2.58 bits per heavy atom. The van der Waals surface area contributed by atoms with Crippen molar-refractivity contribution in [1.29, 1.82) is 0 Å². The fourth-order valence-corrected chi connectivity index (χ4v) is 3.27. The lowest BCUT2D eigenvalue weighted by atomic mass is 9.73. The molecule has 0 radical (unpaired) electrons. The maximum absolute atomic E-state index is 12.8. The fourth-order valence-electron chi connectivity index (χ4n) is 3.27. The summed E-state index contributed by atoms with van der Waals surface area (Å²) in [6.45, 7) is 4.83. The summed E-state index contributed by atoms with van der Waals surface area (Å²) in [6, 6.07) is 7.12. The zero-order chi connectivity index (χ0) is 17.2. The SMILES string of the molecule is C=CC(=O)NCc1ccc(C(=O)N2CCNC(=O)C23CCC3)cc1. The van der Waals surface area contributed by atoms with Gasteiger partial charge in [-0.3, -0.25) is 14.4 Å². The Morgan fingerprint density at radius 1 is 1.29 bits per heavy atom. The summed E-state index contributed by atoms with van der Waals surface area (Å²) in [5.74, 6) is -0.371. The summed E-state index contributed by atoms with van der Waals surface area (Å²) in [6.07, 6.45) is 3.66. The van der Waals surface area contributed by atoms with E-state index in [0.29, 0.717) is 25.2 Å². The highest BCUT2D eigenvalue weighted by Gasteiger charge is 2.52. The van der Waals surface area contributed by atoms with E-state index < -0.39 is 5.54 Å². The molecule has 24 heavy (non-hydrogen) atoms. The lowest BCUT2D eigenvalue weighted by molar-refractivity contribution is -0.141. The third kappa shape index (κ3) is 2.79. The van der Waals surface area contributed by atoms with E-state index in [4.69, 9.17) is 0 Å². The lowest BCUT2D eigenvalue weighted by Gasteiger charge is -2.51. The minimum Gasteiger partial charge on any atom is -0.352 e. The van der Waals surface area contributed by atoms with Gasteiger partial charge in [-0.1, -0.05) is 18.7 Å². The Morgan fingerprint density at radius 2 is 2.00 bits per heavy atom. The molecule has 0 unspecified atom stereocenters. The Labute approximate surface area is 140 Å². The molecule has 1 heterocycles. The van der Waals surface area contributed by atoms with Gasteiger partial charge in [-0.05, 0) is 43.0 Å². The Hall–Kier alpha value is -2.63. The quantitative estimate of drug-likeness (QED) is 0.809. The first-order valence-electron chi connectivity index (χ1n) is 8.16. The van der Waals surface area contributed by atoms with Crippen LogP contribution in [-0.4, -0.2) is 41.2 Å². The van der Waals surface area contributed by atoms with E-state index in [1.54, 1.807) is 17.0 Å². The molecule has 1 spiro atoms. The van der Waals surface area contributed by atoms with Crippen LogP contribution in [0.2, 0.25) is 0 Å². The summed E-state index contributed by atoms with van der Waals surface area (Å²) in [4.78, 5) is 38.0. The summed E-state index contributed by atoms with van der Waals surface area (Å²) in [5.41, 5.74) is 0.817. The molecule has 1 aromatic rings. The normalized spacial score (nSPS) is 18.5. The highest BCUT2D eigenvalue weighted by molar-refractivity contribution is 6.00. The molecule has 1 aromatic carbocycles. The van der Waals surface area contributed by atoms with Crippen LogP contribution in [0.15, 0.2) is 36.9 Å². The number of piperazine rings is 1. The number of hydrogen-bond acceptors (Lipinski definition) is 3. The molecule has 1 saturated heterocycles. The van der Waals surface area contributed by atoms with Crippen LogP contribution in [0.25, 0.3) is 0 Å². The van der Waals surface area contributed by atoms with E-state index in [1.165, 1.54) is 6.08 Å². The molecule has 0 atom stereocenters. The maximum atomic E-state index is 12.8. The van der Waals surface area contributed by atoms with Crippen LogP contribution < -0.4 is 10.6 Å². The first-order chi connectivity index (χ1) is 11.6. The molecule has 3 amide bonds. The second-order valence-corrected chi connectivity index (χ2v) is 6.22. The highest BCUT2D eigenvalue weighted by Crippen LogP contribution is 2.40. The monoisotopic (exact) mass is 327 g/mol. The number of nitrogens with one attached hydrogen (secondary N) is 2. The van der Waals surface area contributed by atoms with Gasteiger partial charge in [-0.2, -0.15) is 0 Å². The number of hydrogen-bond donors (Lipinski definition) is 2. The molecule has 6 heteroatoms. The van der Waals surface area contributed by atoms with E-state index in [-0.39, 0.29) is 17.7 Å². The van der Waals surface area contributed by atoms with Crippen molar-refractivity contribution in [1.82, 2.24) is 15.5 Å². The van der Waals surface area contributed by atoms with Crippen molar-refractivity contribution in [2.45, 2.75) is 31.3 Å². The van der Waals surface area contributed by atoms with E-state index in [1.807, 2.05) is 12.1 Å². The summed E-state index contributed by atoms with van der Waals surface area (Å²) >= 11 is 0. The van der Waals surface area contributed by atoms with Gasteiger partial charge >= 0.3 is 0 Å². The van der Waals surface area contributed by atoms with Crippen molar-refractivity contribution >= 4 is 17.7 Å². The molecule has 1 aliphatic carbocycles. The topological polar surface area (TPSA) is 78.5 Å². The van der Waals surface area contributed by atoms with Crippen molar-refractivity contribution in [3.05, 3.63) is 48.0 Å². The number of amides is 3. The fraction of sp³-hybridized carbons (Fsp3) is 0.389. The van der Waals surface area contributed by atoms with Gasteiger partial charge in [0, 0.05) is 25.2 Å². The summed E-state index contributed by atoms with van der Waals surface area (Å²) < 4.78 is 0. The average molecular weight is 327 g/mol. The lowest BCUT2D eigenvalue weighted by Crippen LogP contribution is -2.69. The van der Waals surface area contributed by atoms with E-state index >= 15 is 0 Å². The second kappa shape index (κ2) is 6.47. The molecule has 0 bridgehead atoms. The van der Waals surface area contributed by atoms with Crippen LogP contribution in [-0.2, 0) is 16.1 Å². The van der Waals surface area contributed by atoms with Crippen LogP contribution in [0.1, 0.15) is 35.2 Å². The molecule has 2 fully saturated rings. The molecule has 0 aromatic heterocycles. The van der Waals surface area contributed by atoms with Crippen LogP contribution in [0, 0.1) is 0 Å². The molecule has 6 nitrogen and oxygen atoms in total.